The van der Waals surface area contributed by atoms with Crippen molar-refractivity contribution in [2.45, 2.75) is 57.4 Å². The second-order valence-electron chi connectivity index (χ2n) is 6.59. The Bertz CT molecular complexity index is 678. The van der Waals surface area contributed by atoms with E-state index >= 15 is 0 Å². The molecule has 6 heteroatoms. The van der Waals surface area contributed by atoms with Crippen molar-refractivity contribution >= 4 is 5.91 Å². The summed E-state index contributed by atoms with van der Waals surface area (Å²) in [6.07, 6.45) is 6.11. The van der Waals surface area contributed by atoms with Gasteiger partial charge in [0.2, 0.25) is 11.8 Å². The molecule has 1 aromatic carbocycles. The first-order valence-electron chi connectivity index (χ1n) is 8.98. The standard InChI is InChI=1S/C19H25N3O3/c1-15-20-18(22-25-15)19(12-6-3-7-13-19)21-17(23)11-8-14-24-16-9-4-2-5-10-16/h2,4-5,9-10H,3,6-8,11-14H2,1H3,(H,21,23). The number of hydrogen-bond donors (Lipinski definition) is 1. The van der Waals surface area contributed by atoms with Crippen molar-refractivity contribution < 1.29 is 14.1 Å². The summed E-state index contributed by atoms with van der Waals surface area (Å²) in [6.45, 7) is 2.29. The molecule has 0 radical (unpaired) electrons. The first-order valence-corrected chi connectivity index (χ1v) is 8.98. The van der Waals surface area contributed by atoms with Gasteiger partial charge in [0.1, 0.15) is 11.3 Å². The van der Waals surface area contributed by atoms with Crippen LogP contribution in [0.4, 0.5) is 0 Å². The normalized spacial score (nSPS) is 16.4. The molecule has 0 bridgehead atoms. The molecule has 6 nitrogen and oxygen atoms in total. The number of nitrogens with zero attached hydrogens (tertiary/aromatic N) is 2. The highest BCUT2D eigenvalue weighted by atomic mass is 16.5. The van der Waals surface area contributed by atoms with E-state index < -0.39 is 5.54 Å². The number of hydrogen-bond acceptors (Lipinski definition) is 5. The summed E-state index contributed by atoms with van der Waals surface area (Å²) in [5.41, 5.74) is -0.479. The van der Waals surface area contributed by atoms with E-state index in [1.54, 1.807) is 6.92 Å². The Labute approximate surface area is 148 Å². The zero-order valence-electron chi connectivity index (χ0n) is 14.7. The molecular weight excluding hydrogens is 318 g/mol. The Hall–Kier alpha value is -2.37. The minimum atomic E-state index is -0.479. The van der Waals surface area contributed by atoms with Crippen molar-refractivity contribution in [3.05, 3.63) is 42.0 Å². The summed E-state index contributed by atoms with van der Waals surface area (Å²) in [5, 5.41) is 7.26. The van der Waals surface area contributed by atoms with E-state index in [4.69, 9.17) is 9.26 Å². The molecule has 1 amide bonds. The number of amides is 1. The number of ether oxygens (including phenoxy) is 1. The quantitative estimate of drug-likeness (QED) is 0.778. The Kier molecular flexibility index (Phi) is 5.68. The number of carbonyl (C=O) groups excluding carboxylic acids is 1. The van der Waals surface area contributed by atoms with E-state index in [9.17, 15) is 4.79 Å². The van der Waals surface area contributed by atoms with Crippen molar-refractivity contribution in [3.63, 3.8) is 0 Å². The third-order valence-corrected chi connectivity index (χ3v) is 4.60. The second kappa shape index (κ2) is 8.14. The summed E-state index contributed by atoms with van der Waals surface area (Å²) < 4.78 is 10.8. The van der Waals surface area contributed by atoms with Crippen LogP contribution in [0.2, 0.25) is 0 Å². The van der Waals surface area contributed by atoms with E-state index in [0.717, 1.165) is 31.4 Å². The Balaban J connectivity index is 1.52. The van der Waals surface area contributed by atoms with Gasteiger partial charge in [0.15, 0.2) is 5.82 Å². The fourth-order valence-corrected chi connectivity index (χ4v) is 3.32. The lowest BCUT2D eigenvalue weighted by atomic mass is 9.81. The molecule has 0 unspecified atom stereocenters. The minimum absolute atomic E-state index is 0.0148. The molecule has 1 aliphatic rings. The van der Waals surface area contributed by atoms with Crippen LogP contribution in [0.3, 0.4) is 0 Å². The average molecular weight is 343 g/mol. The zero-order chi connectivity index (χ0) is 17.5. The highest BCUT2D eigenvalue weighted by Gasteiger charge is 2.39. The molecule has 1 fully saturated rings. The molecule has 0 aliphatic heterocycles. The molecule has 3 rings (SSSR count). The van der Waals surface area contributed by atoms with Gasteiger partial charge in [0, 0.05) is 13.3 Å². The molecule has 25 heavy (non-hydrogen) atoms. The van der Waals surface area contributed by atoms with Crippen molar-refractivity contribution in [1.29, 1.82) is 0 Å². The van der Waals surface area contributed by atoms with Crippen LogP contribution in [0.1, 0.15) is 56.7 Å². The number of aromatic nitrogens is 2. The van der Waals surface area contributed by atoms with Crippen LogP contribution >= 0.6 is 0 Å². The Morgan fingerprint density at radius 2 is 2.00 bits per heavy atom. The van der Waals surface area contributed by atoms with E-state index in [1.165, 1.54) is 6.42 Å². The number of benzene rings is 1. The fraction of sp³-hybridized carbons (Fsp3) is 0.526. The van der Waals surface area contributed by atoms with Crippen LogP contribution in [0.25, 0.3) is 0 Å². The van der Waals surface area contributed by atoms with Crippen molar-refractivity contribution in [1.82, 2.24) is 15.5 Å². The lowest BCUT2D eigenvalue weighted by Gasteiger charge is -2.35. The first kappa shape index (κ1) is 17.5. The molecule has 2 aromatic rings. The van der Waals surface area contributed by atoms with Crippen LogP contribution in [0.15, 0.2) is 34.9 Å². The maximum Gasteiger partial charge on any atom is 0.223 e. The topological polar surface area (TPSA) is 77.2 Å². The van der Waals surface area contributed by atoms with Crippen LogP contribution < -0.4 is 10.1 Å². The third-order valence-electron chi connectivity index (χ3n) is 4.60. The van der Waals surface area contributed by atoms with Gasteiger partial charge in [-0.3, -0.25) is 4.79 Å². The second-order valence-corrected chi connectivity index (χ2v) is 6.59. The van der Waals surface area contributed by atoms with E-state index in [2.05, 4.69) is 15.5 Å². The molecule has 0 spiro atoms. The SMILES string of the molecule is Cc1nc(C2(NC(=O)CCCOc3ccccc3)CCCCC2)no1. The largest absolute Gasteiger partial charge is 0.494 e. The smallest absolute Gasteiger partial charge is 0.223 e. The van der Waals surface area contributed by atoms with E-state index in [0.29, 0.717) is 31.2 Å². The molecule has 1 saturated carbocycles. The first-order chi connectivity index (χ1) is 12.2. The van der Waals surface area contributed by atoms with Gasteiger partial charge in [0.05, 0.1) is 6.61 Å². The molecule has 1 N–H and O–H groups in total. The summed E-state index contributed by atoms with van der Waals surface area (Å²) in [6, 6.07) is 9.64. The van der Waals surface area contributed by atoms with Crippen LogP contribution in [-0.2, 0) is 10.3 Å². The number of para-hydroxylation sites is 1. The van der Waals surface area contributed by atoms with Crippen molar-refractivity contribution in [2.75, 3.05) is 6.61 Å². The fourth-order valence-electron chi connectivity index (χ4n) is 3.32. The average Bonchev–Trinajstić information content (AvgIpc) is 3.08. The Morgan fingerprint density at radius 3 is 2.68 bits per heavy atom. The highest BCUT2D eigenvalue weighted by molar-refractivity contribution is 5.76. The number of carbonyl (C=O) groups is 1. The number of rotatable bonds is 7. The van der Waals surface area contributed by atoms with Gasteiger partial charge >= 0.3 is 0 Å². The summed E-state index contributed by atoms with van der Waals surface area (Å²) in [4.78, 5) is 16.8. The predicted molar refractivity (Wildman–Crippen MR) is 93.1 cm³/mol. The van der Waals surface area contributed by atoms with Crippen molar-refractivity contribution in [2.24, 2.45) is 0 Å². The van der Waals surface area contributed by atoms with Gasteiger partial charge in [-0.15, -0.1) is 0 Å². The van der Waals surface area contributed by atoms with Gasteiger partial charge < -0.3 is 14.6 Å². The summed E-state index contributed by atoms with van der Waals surface area (Å²) in [5.74, 6) is 1.99. The molecule has 0 saturated heterocycles. The molecule has 0 atom stereocenters. The molecule has 1 heterocycles. The third kappa shape index (κ3) is 4.59. The number of nitrogens with one attached hydrogen (secondary N) is 1. The lowest BCUT2D eigenvalue weighted by molar-refractivity contribution is -0.124. The van der Waals surface area contributed by atoms with Crippen molar-refractivity contribution in [3.8, 4) is 5.75 Å². The van der Waals surface area contributed by atoms with Gasteiger partial charge in [-0.1, -0.05) is 42.6 Å². The summed E-state index contributed by atoms with van der Waals surface area (Å²) in [7, 11) is 0. The van der Waals surface area contributed by atoms with Crippen LogP contribution in [0.5, 0.6) is 5.75 Å². The lowest BCUT2D eigenvalue weighted by Crippen LogP contribution is -2.48. The van der Waals surface area contributed by atoms with Gasteiger partial charge in [-0.25, -0.2) is 0 Å². The van der Waals surface area contributed by atoms with Gasteiger partial charge in [0.25, 0.3) is 0 Å². The van der Waals surface area contributed by atoms with Gasteiger partial charge in [-0.2, -0.15) is 4.98 Å². The highest BCUT2D eigenvalue weighted by Crippen LogP contribution is 2.35. The maximum atomic E-state index is 12.5. The molecule has 1 aliphatic carbocycles. The maximum absolute atomic E-state index is 12.5. The number of aryl methyl sites for hydroxylation is 1. The monoisotopic (exact) mass is 343 g/mol. The Morgan fingerprint density at radius 1 is 1.24 bits per heavy atom. The van der Waals surface area contributed by atoms with E-state index in [1.807, 2.05) is 30.3 Å². The van der Waals surface area contributed by atoms with Crippen LogP contribution in [-0.4, -0.2) is 22.7 Å². The zero-order valence-corrected chi connectivity index (χ0v) is 14.7. The molecule has 1 aromatic heterocycles. The van der Waals surface area contributed by atoms with Crippen LogP contribution in [0, 0.1) is 6.92 Å². The summed E-state index contributed by atoms with van der Waals surface area (Å²) >= 11 is 0. The predicted octanol–water partition coefficient (Wildman–Crippen LogP) is 3.51. The van der Waals surface area contributed by atoms with E-state index in [-0.39, 0.29) is 5.91 Å². The minimum Gasteiger partial charge on any atom is -0.494 e. The van der Waals surface area contributed by atoms with Gasteiger partial charge in [-0.05, 0) is 31.4 Å². The molecule has 134 valence electrons. The molecular formula is C19H25N3O3.